The van der Waals surface area contributed by atoms with E-state index in [0.717, 1.165) is 0 Å². The van der Waals surface area contributed by atoms with Crippen molar-refractivity contribution in [2.45, 2.75) is 37.9 Å². The summed E-state index contributed by atoms with van der Waals surface area (Å²) < 4.78 is 22.2. The Morgan fingerprint density at radius 1 is 1.33 bits per heavy atom. The highest BCUT2D eigenvalue weighted by molar-refractivity contribution is 5.00. The lowest BCUT2D eigenvalue weighted by Crippen LogP contribution is -2.48. The van der Waals surface area contributed by atoms with E-state index in [-0.39, 0.29) is 13.2 Å². The quantitative estimate of drug-likeness (QED) is 0.382. The van der Waals surface area contributed by atoms with Crippen LogP contribution in [0.1, 0.15) is 13.8 Å². The summed E-state index contributed by atoms with van der Waals surface area (Å²) >= 11 is 0. The van der Waals surface area contributed by atoms with Gasteiger partial charge in [-0.15, -0.1) is 10.1 Å². The Kier molecular flexibility index (Phi) is 4.00. The van der Waals surface area contributed by atoms with Gasteiger partial charge in [-0.2, -0.15) is 0 Å². The van der Waals surface area contributed by atoms with E-state index in [0.29, 0.717) is 13.2 Å². The molecule has 0 bridgehead atoms. The van der Waals surface area contributed by atoms with Crippen molar-refractivity contribution in [3.8, 4) is 0 Å². The molecular formula is C10H17NO7. The van der Waals surface area contributed by atoms with E-state index in [1.807, 2.05) is 13.8 Å². The fourth-order valence-electron chi connectivity index (χ4n) is 2.43. The predicted octanol–water partition coefficient (Wildman–Crippen LogP) is 0.130. The smallest absolute Gasteiger partial charge is 0.294 e. The highest BCUT2D eigenvalue weighted by Crippen LogP contribution is 2.38. The van der Waals surface area contributed by atoms with Crippen LogP contribution in [0.25, 0.3) is 0 Å². The van der Waals surface area contributed by atoms with E-state index in [4.69, 9.17) is 18.9 Å². The van der Waals surface area contributed by atoms with Gasteiger partial charge in [-0.25, -0.2) is 0 Å². The topological polar surface area (TPSA) is 89.3 Å². The Labute approximate surface area is 104 Å². The molecule has 104 valence electrons. The van der Waals surface area contributed by atoms with E-state index < -0.39 is 29.2 Å². The van der Waals surface area contributed by atoms with Gasteiger partial charge in [0.25, 0.3) is 5.09 Å². The molecule has 0 spiro atoms. The minimum Gasteiger partial charge on any atom is -0.367 e. The zero-order valence-corrected chi connectivity index (χ0v) is 10.4. The SMILES string of the molecule is CCOC1(OCC)COC2C(O[N+](=O)[O-])COC21. The monoisotopic (exact) mass is 263 g/mol. The van der Waals surface area contributed by atoms with E-state index in [9.17, 15) is 10.1 Å². The molecule has 3 atom stereocenters. The summed E-state index contributed by atoms with van der Waals surface area (Å²) in [4.78, 5) is 14.9. The highest BCUT2D eigenvalue weighted by atomic mass is 17.0. The summed E-state index contributed by atoms with van der Waals surface area (Å²) in [6.45, 7) is 4.84. The Morgan fingerprint density at radius 2 is 2.00 bits per heavy atom. The van der Waals surface area contributed by atoms with Crippen LogP contribution >= 0.6 is 0 Å². The zero-order chi connectivity index (χ0) is 13.2. The predicted molar refractivity (Wildman–Crippen MR) is 57.3 cm³/mol. The molecule has 2 fully saturated rings. The molecule has 0 aromatic carbocycles. The average Bonchev–Trinajstić information content (AvgIpc) is 2.83. The van der Waals surface area contributed by atoms with Gasteiger partial charge < -0.3 is 23.8 Å². The van der Waals surface area contributed by atoms with Gasteiger partial charge in [0.05, 0.1) is 6.61 Å². The first-order valence-corrected chi connectivity index (χ1v) is 5.95. The normalized spacial score (nSPS) is 33.3. The second-order valence-electron chi connectivity index (χ2n) is 4.07. The van der Waals surface area contributed by atoms with E-state index >= 15 is 0 Å². The molecule has 2 saturated heterocycles. The maximum absolute atomic E-state index is 10.4. The van der Waals surface area contributed by atoms with Gasteiger partial charge in [0.15, 0.2) is 6.10 Å². The van der Waals surface area contributed by atoms with Gasteiger partial charge in [0.2, 0.25) is 5.79 Å². The van der Waals surface area contributed by atoms with Crippen LogP contribution in [0.5, 0.6) is 0 Å². The van der Waals surface area contributed by atoms with Gasteiger partial charge >= 0.3 is 0 Å². The van der Waals surface area contributed by atoms with Crippen LogP contribution < -0.4 is 0 Å². The highest BCUT2D eigenvalue weighted by Gasteiger charge is 2.59. The van der Waals surface area contributed by atoms with Crippen molar-refractivity contribution in [3.63, 3.8) is 0 Å². The fourth-order valence-corrected chi connectivity index (χ4v) is 2.43. The van der Waals surface area contributed by atoms with Crippen molar-refractivity contribution >= 4 is 0 Å². The number of rotatable bonds is 6. The molecule has 2 heterocycles. The minimum atomic E-state index is -0.983. The Balaban J connectivity index is 2.08. The second-order valence-corrected chi connectivity index (χ2v) is 4.07. The second kappa shape index (κ2) is 5.35. The van der Waals surface area contributed by atoms with Crippen LogP contribution in [0.4, 0.5) is 0 Å². The molecule has 0 aliphatic carbocycles. The van der Waals surface area contributed by atoms with Crippen LogP contribution in [0.2, 0.25) is 0 Å². The average molecular weight is 263 g/mol. The first-order chi connectivity index (χ1) is 8.63. The zero-order valence-electron chi connectivity index (χ0n) is 10.4. The van der Waals surface area contributed by atoms with Crippen LogP contribution in [0.3, 0.4) is 0 Å². The molecule has 2 rings (SSSR count). The molecule has 3 unspecified atom stereocenters. The molecule has 0 aromatic heterocycles. The third kappa shape index (κ3) is 2.28. The van der Waals surface area contributed by atoms with E-state index in [2.05, 4.69) is 4.84 Å². The summed E-state index contributed by atoms with van der Waals surface area (Å²) in [7, 11) is 0. The summed E-state index contributed by atoms with van der Waals surface area (Å²) in [5, 5.41) is 9.53. The number of hydrogen-bond donors (Lipinski definition) is 0. The van der Waals surface area contributed by atoms with Gasteiger partial charge in [-0.05, 0) is 13.8 Å². The lowest BCUT2D eigenvalue weighted by atomic mass is 10.1. The minimum absolute atomic E-state index is 0.0954. The third-order valence-corrected chi connectivity index (χ3v) is 3.01. The Hall–Kier alpha value is -0.960. The van der Waals surface area contributed by atoms with Crippen molar-refractivity contribution in [2.24, 2.45) is 0 Å². The summed E-state index contributed by atoms with van der Waals surface area (Å²) in [6, 6.07) is 0. The van der Waals surface area contributed by atoms with E-state index in [1.54, 1.807) is 0 Å². The Bertz CT molecular complexity index is 305. The third-order valence-electron chi connectivity index (χ3n) is 3.01. The van der Waals surface area contributed by atoms with Gasteiger partial charge in [0.1, 0.15) is 18.8 Å². The number of hydrogen-bond acceptors (Lipinski definition) is 7. The Morgan fingerprint density at radius 3 is 2.56 bits per heavy atom. The lowest BCUT2D eigenvalue weighted by molar-refractivity contribution is -0.769. The molecule has 0 N–H and O–H groups in total. The summed E-state index contributed by atoms with van der Waals surface area (Å²) in [5.41, 5.74) is 0. The lowest BCUT2D eigenvalue weighted by Gasteiger charge is -2.31. The summed E-state index contributed by atoms with van der Waals surface area (Å²) in [5.74, 6) is -0.983. The van der Waals surface area contributed by atoms with Gasteiger partial charge in [0, 0.05) is 13.2 Å². The first-order valence-electron chi connectivity index (χ1n) is 5.95. The number of fused-ring (bicyclic) bond motifs is 1. The van der Waals surface area contributed by atoms with Crippen molar-refractivity contribution in [3.05, 3.63) is 10.1 Å². The van der Waals surface area contributed by atoms with Crippen molar-refractivity contribution in [1.29, 1.82) is 0 Å². The number of ether oxygens (including phenoxy) is 4. The van der Waals surface area contributed by atoms with Crippen molar-refractivity contribution in [1.82, 2.24) is 0 Å². The van der Waals surface area contributed by atoms with Crippen LogP contribution in [0, 0.1) is 10.1 Å². The van der Waals surface area contributed by atoms with Gasteiger partial charge in [-0.1, -0.05) is 0 Å². The maximum Gasteiger partial charge on any atom is 0.294 e. The summed E-state index contributed by atoms with van der Waals surface area (Å²) in [6.07, 6.45) is -1.76. The molecule has 2 aliphatic rings. The first kappa shape index (κ1) is 13.5. The standard InChI is InChI=1S/C10H17NO7/c1-3-16-10(17-4-2)6-15-8-7(18-11(12)13)5-14-9(8)10/h7-9H,3-6H2,1-2H3. The molecule has 0 amide bonds. The molecule has 0 saturated carbocycles. The fraction of sp³-hybridized carbons (Fsp3) is 1.00. The molecule has 0 aromatic rings. The largest absolute Gasteiger partial charge is 0.367 e. The molecule has 18 heavy (non-hydrogen) atoms. The van der Waals surface area contributed by atoms with Crippen molar-refractivity contribution < 1.29 is 28.9 Å². The molecule has 8 heteroatoms. The maximum atomic E-state index is 10.4. The van der Waals surface area contributed by atoms with Crippen molar-refractivity contribution in [2.75, 3.05) is 26.4 Å². The van der Waals surface area contributed by atoms with Crippen LogP contribution in [-0.4, -0.2) is 55.6 Å². The molecule has 8 nitrogen and oxygen atoms in total. The van der Waals surface area contributed by atoms with Gasteiger partial charge in [-0.3, -0.25) is 0 Å². The van der Waals surface area contributed by atoms with Crippen LogP contribution in [0.15, 0.2) is 0 Å². The molecular weight excluding hydrogens is 246 g/mol. The molecule has 0 radical (unpaired) electrons. The van der Waals surface area contributed by atoms with Crippen LogP contribution in [-0.2, 0) is 23.8 Å². The van der Waals surface area contributed by atoms with E-state index in [1.165, 1.54) is 0 Å². The molecule has 2 aliphatic heterocycles. The number of nitrogens with zero attached hydrogens (tertiary/aromatic N) is 1.